The maximum Gasteiger partial charge on any atom is 0.251 e. The predicted molar refractivity (Wildman–Crippen MR) is 64.3 cm³/mol. The first-order chi connectivity index (χ1) is 8.47. The van der Waals surface area contributed by atoms with Crippen LogP contribution in [0.25, 0.3) is 11.4 Å². The molecule has 3 nitrogen and oxygen atoms in total. The summed E-state index contributed by atoms with van der Waals surface area (Å²) in [6, 6.07) is 4.79. The van der Waals surface area contributed by atoms with E-state index in [1.807, 2.05) is 13.8 Å². The number of hydrogen-bond acceptors (Lipinski definition) is 2. The van der Waals surface area contributed by atoms with Gasteiger partial charge in [0, 0.05) is 11.6 Å². The van der Waals surface area contributed by atoms with Gasteiger partial charge < -0.3 is 4.98 Å². The Morgan fingerprint density at radius 1 is 1.17 bits per heavy atom. The molecule has 1 heterocycles. The van der Waals surface area contributed by atoms with Crippen molar-refractivity contribution in [3.05, 3.63) is 51.9 Å². The second kappa shape index (κ2) is 4.68. The van der Waals surface area contributed by atoms with Gasteiger partial charge in [-0.3, -0.25) is 4.79 Å². The fourth-order valence-corrected chi connectivity index (χ4v) is 1.55. The van der Waals surface area contributed by atoms with Gasteiger partial charge in [0.1, 0.15) is 5.82 Å². The highest BCUT2D eigenvalue weighted by molar-refractivity contribution is 5.54. The molecule has 0 bridgehead atoms. The molecule has 0 spiro atoms. The van der Waals surface area contributed by atoms with Gasteiger partial charge in [0.05, 0.1) is 5.69 Å². The van der Waals surface area contributed by atoms with Crippen molar-refractivity contribution in [2.45, 2.75) is 19.8 Å². The van der Waals surface area contributed by atoms with Crippen LogP contribution in [0, 0.1) is 11.6 Å². The average molecular weight is 250 g/mol. The van der Waals surface area contributed by atoms with Gasteiger partial charge in [0.15, 0.2) is 11.6 Å². The fraction of sp³-hybridized carbons (Fsp3) is 0.231. The minimum Gasteiger partial charge on any atom is -0.307 e. The number of rotatable bonds is 2. The molecule has 0 aliphatic carbocycles. The Labute approximate surface area is 103 Å². The summed E-state index contributed by atoms with van der Waals surface area (Å²) < 4.78 is 26.0. The van der Waals surface area contributed by atoms with Crippen molar-refractivity contribution < 1.29 is 8.78 Å². The second-order valence-corrected chi connectivity index (χ2v) is 4.30. The van der Waals surface area contributed by atoms with Crippen LogP contribution in [0.15, 0.2) is 29.1 Å². The largest absolute Gasteiger partial charge is 0.307 e. The van der Waals surface area contributed by atoms with E-state index in [-0.39, 0.29) is 17.3 Å². The summed E-state index contributed by atoms with van der Waals surface area (Å²) in [5.41, 5.74) is 0.639. The Bertz CT molecular complexity index is 635. The third kappa shape index (κ3) is 2.45. The van der Waals surface area contributed by atoms with Gasteiger partial charge >= 0.3 is 0 Å². The van der Waals surface area contributed by atoms with Crippen molar-refractivity contribution in [2.24, 2.45) is 0 Å². The van der Waals surface area contributed by atoms with Gasteiger partial charge in [0.2, 0.25) is 0 Å². The lowest BCUT2D eigenvalue weighted by molar-refractivity contribution is 0.509. The fourth-order valence-electron chi connectivity index (χ4n) is 1.55. The quantitative estimate of drug-likeness (QED) is 0.890. The Hall–Kier alpha value is -2.04. The monoisotopic (exact) mass is 250 g/mol. The number of halogens is 2. The summed E-state index contributed by atoms with van der Waals surface area (Å²) in [6.07, 6.45) is 0. The molecule has 0 atom stereocenters. The zero-order valence-electron chi connectivity index (χ0n) is 10.00. The SMILES string of the molecule is CC(C)c1cc(=O)[nH]c(-c2ccc(F)c(F)c2)n1. The Morgan fingerprint density at radius 3 is 2.50 bits per heavy atom. The molecular formula is C13H12F2N2O. The maximum absolute atomic E-state index is 13.1. The van der Waals surface area contributed by atoms with E-state index in [1.165, 1.54) is 12.1 Å². The smallest absolute Gasteiger partial charge is 0.251 e. The van der Waals surface area contributed by atoms with Crippen LogP contribution in [-0.2, 0) is 0 Å². The van der Waals surface area contributed by atoms with Gasteiger partial charge in [-0.15, -0.1) is 0 Å². The zero-order chi connectivity index (χ0) is 13.3. The summed E-state index contributed by atoms with van der Waals surface area (Å²) in [5.74, 6) is -1.58. The molecule has 5 heteroatoms. The second-order valence-electron chi connectivity index (χ2n) is 4.30. The number of nitrogens with zero attached hydrogens (tertiary/aromatic N) is 1. The molecule has 1 aromatic carbocycles. The van der Waals surface area contributed by atoms with Gasteiger partial charge in [-0.2, -0.15) is 0 Å². The van der Waals surface area contributed by atoms with Crippen LogP contribution in [0.4, 0.5) is 8.78 Å². The van der Waals surface area contributed by atoms with Crippen molar-refractivity contribution in [1.29, 1.82) is 0 Å². The van der Waals surface area contributed by atoms with Crippen LogP contribution in [0.1, 0.15) is 25.5 Å². The Morgan fingerprint density at radius 2 is 1.89 bits per heavy atom. The van der Waals surface area contributed by atoms with E-state index in [0.717, 1.165) is 12.1 Å². The van der Waals surface area contributed by atoms with E-state index in [4.69, 9.17) is 0 Å². The number of H-pyrrole nitrogens is 1. The molecule has 18 heavy (non-hydrogen) atoms. The molecule has 1 N–H and O–H groups in total. The Kier molecular flexibility index (Phi) is 3.23. The average Bonchev–Trinajstić information content (AvgIpc) is 2.31. The number of aromatic nitrogens is 2. The highest BCUT2D eigenvalue weighted by atomic mass is 19.2. The van der Waals surface area contributed by atoms with Crippen LogP contribution in [0.2, 0.25) is 0 Å². The van der Waals surface area contributed by atoms with Crippen LogP contribution in [-0.4, -0.2) is 9.97 Å². The topological polar surface area (TPSA) is 45.8 Å². The van der Waals surface area contributed by atoms with Gasteiger partial charge in [-0.25, -0.2) is 13.8 Å². The molecule has 0 aliphatic rings. The first-order valence-corrected chi connectivity index (χ1v) is 5.54. The lowest BCUT2D eigenvalue weighted by Gasteiger charge is -2.07. The molecule has 2 aromatic rings. The van der Waals surface area contributed by atoms with Crippen molar-refractivity contribution in [3.63, 3.8) is 0 Å². The minimum absolute atomic E-state index is 0.0799. The van der Waals surface area contributed by atoms with Crippen molar-refractivity contribution >= 4 is 0 Å². The third-order valence-corrected chi connectivity index (χ3v) is 2.55. The lowest BCUT2D eigenvalue weighted by Crippen LogP contribution is -2.11. The van der Waals surface area contributed by atoms with Crippen molar-refractivity contribution in [1.82, 2.24) is 9.97 Å². The summed E-state index contributed by atoms with van der Waals surface area (Å²) in [5, 5.41) is 0. The summed E-state index contributed by atoms with van der Waals surface area (Å²) in [6.45, 7) is 3.80. The van der Waals surface area contributed by atoms with Crippen LogP contribution in [0.3, 0.4) is 0 Å². The van der Waals surface area contributed by atoms with Crippen molar-refractivity contribution in [3.8, 4) is 11.4 Å². The van der Waals surface area contributed by atoms with E-state index in [0.29, 0.717) is 11.3 Å². The number of aromatic amines is 1. The molecule has 0 fully saturated rings. The predicted octanol–water partition coefficient (Wildman–Crippen LogP) is 2.84. The normalized spacial score (nSPS) is 10.9. The number of benzene rings is 1. The van der Waals surface area contributed by atoms with Crippen molar-refractivity contribution in [2.75, 3.05) is 0 Å². The first-order valence-electron chi connectivity index (χ1n) is 5.54. The number of nitrogens with one attached hydrogen (secondary N) is 1. The Balaban J connectivity index is 2.56. The summed E-state index contributed by atoms with van der Waals surface area (Å²) >= 11 is 0. The lowest BCUT2D eigenvalue weighted by atomic mass is 10.1. The summed E-state index contributed by atoms with van der Waals surface area (Å²) in [7, 11) is 0. The van der Waals surface area contributed by atoms with E-state index in [1.54, 1.807) is 0 Å². The highest BCUT2D eigenvalue weighted by Crippen LogP contribution is 2.19. The molecule has 94 valence electrons. The third-order valence-electron chi connectivity index (χ3n) is 2.55. The molecule has 0 radical (unpaired) electrons. The van der Waals surface area contributed by atoms with Crippen LogP contribution in [0.5, 0.6) is 0 Å². The molecular weight excluding hydrogens is 238 g/mol. The standard InChI is InChI=1S/C13H12F2N2O/c1-7(2)11-6-12(18)17-13(16-11)8-3-4-9(14)10(15)5-8/h3-7H,1-2H3,(H,16,17,18). The van der Waals surface area contributed by atoms with Crippen LogP contribution >= 0.6 is 0 Å². The van der Waals surface area contributed by atoms with E-state index >= 15 is 0 Å². The zero-order valence-corrected chi connectivity index (χ0v) is 10.00. The highest BCUT2D eigenvalue weighted by Gasteiger charge is 2.09. The minimum atomic E-state index is -0.968. The molecule has 0 aliphatic heterocycles. The van der Waals surface area contributed by atoms with Crippen LogP contribution < -0.4 is 5.56 Å². The van der Waals surface area contributed by atoms with E-state index < -0.39 is 11.6 Å². The molecule has 0 saturated carbocycles. The van der Waals surface area contributed by atoms with Gasteiger partial charge in [-0.05, 0) is 24.1 Å². The van der Waals surface area contributed by atoms with Gasteiger partial charge in [0.25, 0.3) is 5.56 Å². The van der Waals surface area contributed by atoms with E-state index in [9.17, 15) is 13.6 Å². The molecule has 0 amide bonds. The molecule has 0 unspecified atom stereocenters. The molecule has 2 rings (SSSR count). The maximum atomic E-state index is 13.1. The summed E-state index contributed by atoms with van der Waals surface area (Å²) in [4.78, 5) is 18.2. The number of hydrogen-bond donors (Lipinski definition) is 1. The molecule has 1 aromatic heterocycles. The molecule has 0 saturated heterocycles. The van der Waals surface area contributed by atoms with Gasteiger partial charge in [-0.1, -0.05) is 13.8 Å². The van der Waals surface area contributed by atoms with E-state index in [2.05, 4.69) is 9.97 Å². The first kappa shape index (κ1) is 12.4.